The van der Waals surface area contributed by atoms with Crippen molar-refractivity contribution >= 4 is 17.8 Å². The molecule has 0 saturated heterocycles. The molecule has 2 aliphatic rings. The maximum atomic E-state index is 12.9. The van der Waals surface area contributed by atoms with Crippen LogP contribution in [0.3, 0.4) is 0 Å². The van der Waals surface area contributed by atoms with E-state index in [0.717, 1.165) is 5.56 Å². The molecule has 0 bridgehead atoms. The van der Waals surface area contributed by atoms with Crippen LogP contribution < -0.4 is 9.47 Å². The second kappa shape index (κ2) is 7.13. The van der Waals surface area contributed by atoms with Crippen molar-refractivity contribution in [2.45, 2.75) is 12.3 Å². The third-order valence-corrected chi connectivity index (χ3v) is 5.62. The smallest absolute Gasteiger partial charge is 0.312 e. The highest BCUT2D eigenvalue weighted by Crippen LogP contribution is 2.49. The second-order valence-electron chi connectivity index (χ2n) is 7.61. The van der Waals surface area contributed by atoms with E-state index in [4.69, 9.17) is 18.3 Å². The number of rotatable bonds is 3. The summed E-state index contributed by atoms with van der Waals surface area (Å²) in [4.78, 5) is 25.3. The second-order valence-corrected chi connectivity index (χ2v) is 7.61. The van der Waals surface area contributed by atoms with Crippen molar-refractivity contribution < 1.29 is 27.9 Å². The lowest BCUT2D eigenvalue weighted by Gasteiger charge is -2.24. The number of carbonyl (C=O) groups excluding carboxylic acids is 2. The lowest BCUT2D eigenvalue weighted by atomic mass is 9.88. The molecular weight excluding hydrogens is 408 g/mol. The summed E-state index contributed by atoms with van der Waals surface area (Å²) in [6.45, 7) is 0. The Kier molecular flexibility index (Phi) is 4.11. The number of ketones is 1. The van der Waals surface area contributed by atoms with Crippen molar-refractivity contribution in [3.8, 4) is 22.8 Å². The first-order chi connectivity index (χ1) is 15.7. The topological polar surface area (TPSA) is 78.9 Å². The Balaban J connectivity index is 1.44. The largest absolute Gasteiger partial charge is 0.465 e. The van der Waals surface area contributed by atoms with Crippen molar-refractivity contribution in [2.24, 2.45) is 0 Å². The van der Waals surface area contributed by atoms with Crippen LogP contribution in [0.2, 0.25) is 0 Å². The normalized spacial score (nSPS) is 18.2. The number of ether oxygens (including phenoxy) is 2. The van der Waals surface area contributed by atoms with Gasteiger partial charge in [0.2, 0.25) is 5.78 Å². The zero-order valence-corrected chi connectivity index (χ0v) is 16.7. The standard InChI is InChI=1S/C26H16O6/c27-23-14-18(20-11-10-19(30-20)15-5-2-1-3-6-15)24-21(31-23)9-8-17-25(28)22(32-26(17)24)13-16-7-4-12-29-16/h1-13,18H,14H2. The molecule has 156 valence electrons. The monoisotopic (exact) mass is 424 g/mol. The van der Waals surface area contributed by atoms with E-state index >= 15 is 0 Å². The number of Topliss-reactive ketones (excluding diaryl/α,β-unsaturated/α-hetero) is 1. The number of allylic oxidation sites excluding steroid dienone is 1. The number of hydrogen-bond acceptors (Lipinski definition) is 6. The first-order valence-corrected chi connectivity index (χ1v) is 10.2. The van der Waals surface area contributed by atoms with Crippen LogP contribution in [0.1, 0.15) is 39.8 Å². The van der Waals surface area contributed by atoms with Crippen molar-refractivity contribution in [2.75, 3.05) is 0 Å². The SMILES string of the molecule is O=C1CC(c2ccc(-c3ccccc3)o2)c2c(ccc3c2OC(=Cc2ccco2)C3=O)O1. The molecule has 0 spiro atoms. The molecule has 0 radical (unpaired) electrons. The Labute approximate surface area is 182 Å². The van der Waals surface area contributed by atoms with Gasteiger partial charge in [0.05, 0.1) is 24.2 Å². The van der Waals surface area contributed by atoms with E-state index < -0.39 is 5.92 Å². The summed E-state index contributed by atoms with van der Waals surface area (Å²) in [5, 5.41) is 0. The van der Waals surface area contributed by atoms with Crippen LogP contribution in [-0.4, -0.2) is 11.8 Å². The van der Waals surface area contributed by atoms with Crippen molar-refractivity contribution in [3.05, 3.63) is 101 Å². The minimum atomic E-state index is -0.436. The Bertz CT molecular complexity index is 1380. The van der Waals surface area contributed by atoms with E-state index in [1.165, 1.54) is 6.26 Å². The van der Waals surface area contributed by atoms with E-state index in [0.29, 0.717) is 39.9 Å². The van der Waals surface area contributed by atoms with E-state index in [1.54, 1.807) is 30.3 Å². The van der Waals surface area contributed by atoms with Gasteiger partial charge < -0.3 is 18.3 Å². The van der Waals surface area contributed by atoms with E-state index in [-0.39, 0.29) is 23.9 Å². The molecule has 6 heteroatoms. The summed E-state index contributed by atoms with van der Waals surface area (Å²) in [5.41, 5.74) is 1.98. The predicted octanol–water partition coefficient (Wildman–Crippen LogP) is 5.60. The molecule has 2 aliphatic heterocycles. The molecule has 0 N–H and O–H groups in total. The number of benzene rings is 2. The molecular formula is C26H16O6. The average molecular weight is 424 g/mol. The Morgan fingerprint density at radius 2 is 1.75 bits per heavy atom. The van der Waals surface area contributed by atoms with Crippen LogP contribution >= 0.6 is 0 Å². The van der Waals surface area contributed by atoms with Crippen molar-refractivity contribution in [3.63, 3.8) is 0 Å². The zero-order valence-electron chi connectivity index (χ0n) is 16.7. The maximum Gasteiger partial charge on any atom is 0.312 e. The Hall–Kier alpha value is -4.32. The molecule has 0 saturated carbocycles. The minimum Gasteiger partial charge on any atom is -0.465 e. The molecule has 1 unspecified atom stereocenters. The van der Waals surface area contributed by atoms with Gasteiger partial charge in [-0.05, 0) is 36.4 Å². The van der Waals surface area contributed by atoms with E-state index in [1.807, 2.05) is 42.5 Å². The Morgan fingerprint density at radius 1 is 0.875 bits per heavy atom. The number of fused-ring (bicyclic) bond motifs is 3. The third kappa shape index (κ3) is 2.96. The molecule has 0 fully saturated rings. The van der Waals surface area contributed by atoms with Crippen LogP contribution in [0, 0.1) is 0 Å². The average Bonchev–Trinajstić information content (AvgIpc) is 3.56. The first kappa shape index (κ1) is 18.4. The minimum absolute atomic E-state index is 0.0833. The van der Waals surface area contributed by atoms with Crippen LogP contribution in [0.5, 0.6) is 11.5 Å². The molecule has 2 aromatic carbocycles. The van der Waals surface area contributed by atoms with E-state index in [9.17, 15) is 9.59 Å². The van der Waals surface area contributed by atoms with E-state index in [2.05, 4.69) is 0 Å². The van der Waals surface area contributed by atoms with Crippen LogP contribution in [0.4, 0.5) is 0 Å². The fourth-order valence-electron chi connectivity index (χ4n) is 4.15. The molecule has 0 amide bonds. The zero-order chi connectivity index (χ0) is 21.7. The van der Waals surface area contributed by atoms with Gasteiger partial charge in [0.1, 0.15) is 28.8 Å². The fourth-order valence-corrected chi connectivity index (χ4v) is 4.15. The highest BCUT2D eigenvalue weighted by molar-refractivity contribution is 6.15. The molecule has 6 nitrogen and oxygen atoms in total. The molecule has 0 aliphatic carbocycles. The molecule has 1 atom stereocenters. The highest BCUT2D eigenvalue weighted by Gasteiger charge is 2.39. The van der Waals surface area contributed by atoms with Crippen molar-refractivity contribution in [1.82, 2.24) is 0 Å². The first-order valence-electron chi connectivity index (χ1n) is 10.2. The van der Waals surface area contributed by atoms with Crippen LogP contribution in [0.15, 0.2) is 87.6 Å². The number of furan rings is 2. The Morgan fingerprint density at radius 3 is 2.56 bits per heavy atom. The van der Waals surface area contributed by atoms with Gasteiger partial charge in [-0.2, -0.15) is 0 Å². The van der Waals surface area contributed by atoms with Gasteiger partial charge >= 0.3 is 5.97 Å². The van der Waals surface area contributed by atoms with Gasteiger partial charge in [-0.3, -0.25) is 9.59 Å². The quantitative estimate of drug-likeness (QED) is 0.242. The van der Waals surface area contributed by atoms with Gasteiger partial charge in [0.25, 0.3) is 0 Å². The number of carbonyl (C=O) groups is 2. The van der Waals surface area contributed by atoms with Gasteiger partial charge in [-0.15, -0.1) is 0 Å². The predicted molar refractivity (Wildman–Crippen MR) is 114 cm³/mol. The van der Waals surface area contributed by atoms with Gasteiger partial charge in [0.15, 0.2) is 5.76 Å². The molecule has 4 heterocycles. The number of hydrogen-bond donors (Lipinski definition) is 0. The van der Waals surface area contributed by atoms with Gasteiger partial charge in [0, 0.05) is 17.2 Å². The lowest BCUT2D eigenvalue weighted by Crippen LogP contribution is -2.21. The van der Waals surface area contributed by atoms with Crippen LogP contribution in [-0.2, 0) is 4.79 Å². The number of esters is 1. The van der Waals surface area contributed by atoms with Crippen molar-refractivity contribution in [1.29, 1.82) is 0 Å². The summed E-state index contributed by atoms with van der Waals surface area (Å²) in [6.07, 6.45) is 3.16. The van der Waals surface area contributed by atoms with Gasteiger partial charge in [-0.25, -0.2) is 0 Å². The highest BCUT2D eigenvalue weighted by atomic mass is 16.5. The summed E-state index contributed by atoms with van der Waals surface area (Å²) in [7, 11) is 0. The van der Waals surface area contributed by atoms with Gasteiger partial charge in [-0.1, -0.05) is 30.3 Å². The summed E-state index contributed by atoms with van der Waals surface area (Å²) in [6, 6.07) is 20.2. The molecule has 32 heavy (non-hydrogen) atoms. The summed E-state index contributed by atoms with van der Waals surface area (Å²) in [5.74, 6) is 1.68. The summed E-state index contributed by atoms with van der Waals surface area (Å²) >= 11 is 0. The molecule has 4 aromatic rings. The van der Waals surface area contributed by atoms with Crippen LogP contribution in [0.25, 0.3) is 17.4 Å². The lowest BCUT2D eigenvalue weighted by molar-refractivity contribution is -0.135. The molecule has 2 aromatic heterocycles. The molecule has 6 rings (SSSR count). The summed E-state index contributed by atoms with van der Waals surface area (Å²) < 4.78 is 22.9. The maximum absolute atomic E-state index is 12.9. The fraction of sp³-hybridized carbons (Fsp3) is 0.0769. The third-order valence-electron chi connectivity index (χ3n) is 5.62.